The van der Waals surface area contributed by atoms with Gasteiger partial charge in [0, 0.05) is 4.47 Å². The molecule has 0 radical (unpaired) electrons. The molecule has 5 nitrogen and oxygen atoms in total. The summed E-state index contributed by atoms with van der Waals surface area (Å²) in [5, 5.41) is 8.17. The molecule has 0 aliphatic rings. The standard InChI is InChI=1S/C19H23BrN2O3S/c1-4-13-5-7-14(8-6-13)18(12(2)3)22-19(23)16-11-15(26(21,24)25)9-10-17(16)20/h5-12,18H,4H2,1-3H3,(H,22,23)(H2,21,24,25)/t18-/m0/s1. The fourth-order valence-corrected chi connectivity index (χ4v) is 3.64. The highest BCUT2D eigenvalue weighted by molar-refractivity contribution is 9.10. The number of benzene rings is 2. The molecular formula is C19H23BrN2O3S. The van der Waals surface area contributed by atoms with Crippen molar-refractivity contribution in [3.05, 3.63) is 63.6 Å². The summed E-state index contributed by atoms with van der Waals surface area (Å²) in [5.74, 6) is -0.202. The number of aryl methyl sites for hydroxylation is 1. The summed E-state index contributed by atoms with van der Waals surface area (Å²) < 4.78 is 23.6. The van der Waals surface area contributed by atoms with E-state index in [2.05, 4.69) is 40.3 Å². The third-order valence-corrected chi connectivity index (χ3v) is 5.81. The van der Waals surface area contributed by atoms with Crippen LogP contribution in [0.15, 0.2) is 51.8 Å². The smallest absolute Gasteiger partial charge is 0.252 e. The minimum atomic E-state index is -3.88. The van der Waals surface area contributed by atoms with Crippen LogP contribution in [0.2, 0.25) is 0 Å². The summed E-state index contributed by atoms with van der Waals surface area (Å²) in [6.07, 6.45) is 0.951. The van der Waals surface area contributed by atoms with Gasteiger partial charge in [-0.15, -0.1) is 0 Å². The third-order valence-electron chi connectivity index (χ3n) is 4.21. The van der Waals surface area contributed by atoms with Gasteiger partial charge in [-0.25, -0.2) is 13.6 Å². The van der Waals surface area contributed by atoms with Crippen LogP contribution in [-0.2, 0) is 16.4 Å². The normalized spacial score (nSPS) is 12.8. The van der Waals surface area contributed by atoms with E-state index in [9.17, 15) is 13.2 Å². The van der Waals surface area contributed by atoms with Crippen LogP contribution in [0.3, 0.4) is 0 Å². The molecule has 0 aliphatic carbocycles. The number of sulfonamides is 1. The SMILES string of the molecule is CCc1ccc([C@@H](NC(=O)c2cc(S(N)(=O)=O)ccc2Br)C(C)C)cc1. The molecule has 1 amide bonds. The highest BCUT2D eigenvalue weighted by atomic mass is 79.9. The van der Waals surface area contributed by atoms with Gasteiger partial charge < -0.3 is 5.32 Å². The van der Waals surface area contributed by atoms with Gasteiger partial charge in [0.15, 0.2) is 0 Å². The molecule has 2 rings (SSSR count). The molecule has 0 saturated heterocycles. The minimum Gasteiger partial charge on any atom is -0.345 e. The second kappa shape index (κ2) is 8.33. The second-order valence-corrected chi connectivity index (χ2v) is 8.89. The Kier molecular flexibility index (Phi) is 6.60. The van der Waals surface area contributed by atoms with Gasteiger partial charge in [0.05, 0.1) is 16.5 Å². The molecule has 3 N–H and O–H groups in total. The molecule has 140 valence electrons. The highest BCUT2D eigenvalue weighted by Gasteiger charge is 2.22. The zero-order chi connectivity index (χ0) is 19.5. The molecule has 0 aromatic heterocycles. The molecule has 7 heteroatoms. The van der Waals surface area contributed by atoms with Crippen LogP contribution < -0.4 is 10.5 Å². The number of nitrogens with two attached hydrogens (primary N) is 1. The summed E-state index contributed by atoms with van der Waals surface area (Å²) in [7, 11) is -3.88. The number of halogens is 1. The molecule has 0 bridgehead atoms. The van der Waals surface area contributed by atoms with Crippen LogP contribution >= 0.6 is 15.9 Å². The van der Waals surface area contributed by atoms with E-state index in [-0.39, 0.29) is 28.3 Å². The van der Waals surface area contributed by atoms with E-state index in [1.165, 1.54) is 23.8 Å². The third kappa shape index (κ3) is 4.93. The number of rotatable bonds is 6. The quantitative estimate of drug-likeness (QED) is 0.718. The van der Waals surface area contributed by atoms with Crippen LogP contribution in [0, 0.1) is 5.92 Å². The summed E-state index contributed by atoms with van der Waals surface area (Å²) in [4.78, 5) is 12.7. The number of carbonyl (C=O) groups excluding carboxylic acids is 1. The van der Waals surface area contributed by atoms with Crippen molar-refractivity contribution in [1.82, 2.24) is 5.32 Å². The first-order valence-electron chi connectivity index (χ1n) is 8.35. The Morgan fingerprint density at radius 1 is 1.15 bits per heavy atom. The van der Waals surface area contributed by atoms with E-state index in [1.54, 1.807) is 0 Å². The maximum absolute atomic E-state index is 12.8. The van der Waals surface area contributed by atoms with Crippen molar-refractivity contribution in [2.45, 2.75) is 38.1 Å². The lowest BCUT2D eigenvalue weighted by molar-refractivity contribution is 0.0924. The predicted molar refractivity (Wildman–Crippen MR) is 106 cm³/mol. The Bertz CT molecular complexity index is 894. The Morgan fingerprint density at radius 2 is 1.77 bits per heavy atom. The van der Waals surface area contributed by atoms with Crippen molar-refractivity contribution in [3.63, 3.8) is 0 Å². The summed E-state index contributed by atoms with van der Waals surface area (Å²) in [6, 6.07) is 12.1. The lowest BCUT2D eigenvalue weighted by Gasteiger charge is -2.23. The van der Waals surface area contributed by atoms with Crippen molar-refractivity contribution in [3.8, 4) is 0 Å². The maximum Gasteiger partial charge on any atom is 0.252 e. The Labute approximate surface area is 163 Å². The fourth-order valence-electron chi connectivity index (χ4n) is 2.67. The molecule has 2 aromatic carbocycles. The molecule has 0 unspecified atom stereocenters. The van der Waals surface area contributed by atoms with E-state index in [0.717, 1.165) is 12.0 Å². The zero-order valence-corrected chi connectivity index (χ0v) is 17.4. The van der Waals surface area contributed by atoms with Gasteiger partial charge in [-0.05, 0) is 57.6 Å². The summed E-state index contributed by atoms with van der Waals surface area (Å²) in [5.41, 5.74) is 2.46. The van der Waals surface area contributed by atoms with Crippen molar-refractivity contribution >= 4 is 31.9 Å². The predicted octanol–water partition coefficient (Wildman–Crippen LogP) is 3.79. The number of carbonyl (C=O) groups is 1. The van der Waals surface area contributed by atoms with E-state index in [4.69, 9.17) is 5.14 Å². The van der Waals surface area contributed by atoms with Crippen molar-refractivity contribution in [2.24, 2.45) is 11.1 Å². The minimum absolute atomic E-state index is 0.0979. The van der Waals surface area contributed by atoms with Gasteiger partial charge in [-0.3, -0.25) is 4.79 Å². The average molecular weight is 439 g/mol. The first-order valence-corrected chi connectivity index (χ1v) is 10.7. The van der Waals surface area contributed by atoms with E-state index in [1.807, 2.05) is 26.0 Å². The monoisotopic (exact) mass is 438 g/mol. The molecule has 26 heavy (non-hydrogen) atoms. The van der Waals surface area contributed by atoms with E-state index in [0.29, 0.717) is 4.47 Å². The molecule has 1 atom stereocenters. The highest BCUT2D eigenvalue weighted by Crippen LogP contribution is 2.25. The molecule has 2 aromatic rings. The first-order chi connectivity index (χ1) is 12.1. The Balaban J connectivity index is 2.33. The number of nitrogens with one attached hydrogen (secondary N) is 1. The zero-order valence-electron chi connectivity index (χ0n) is 15.0. The lowest BCUT2D eigenvalue weighted by atomic mass is 9.94. The van der Waals surface area contributed by atoms with Crippen LogP contribution in [-0.4, -0.2) is 14.3 Å². The van der Waals surface area contributed by atoms with Gasteiger partial charge in [-0.2, -0.15) is 0 Å². The average Bonchev–Trinajstić information content (AvgIpc) is 2.58. The number of primary sulfonamides is 1. The number of amides is 1. The topological polar surface area (TPSA) is 89.3 Å². The van der Waals surface area contributed by atoms with Crippen LogP contribution in [0.4, 0.5) is 0 Å². The molecule has 0 aliphatic heterocycles. The van der Waals surface area contributed by atoms with Crippen LogP contribution in [0.25, 0.3) is 0 Å². The van der Waals surface area contributed by atoms with E-state index < -0.39 is 10.0 Å². The molecule has 0 saturated carbocycles. The first kappa shape index (κ1) is 20.6. The lowest BCUT2D eigenvalue weighted by Crippen LogP contribution is -2.32. The number of hydrogen-bond acceptors (Lipinski definition) is 3. The van der Waals surface area contributed by atoms with Crippen LogP contribution in [0.1, 0.15) is 48.3 Å². The Hall–Kier alpha value is -1.70. The summed E-state index contributed by atoms with van der Waals surface area (Å²) >= 11 is 3.30. The largest absolute Gasteiger partial charge is 0.345 e. The van der Waals surface area contributed by atoms with E-state index >= 15 is 0 Å². The van der Waals surface area contributed by atoms with Gasteiger partial charge in [0.1, 0.15) is 0 Å². The molecular weight excluding hydrogens is 416 g/mol. The van der Waals surface area contributed by atoms with Crippen LogP contribution in [0.5, 0.6) is 0 Å². The fraction of sp³-hybridized carbons (Fsp3) is 0.316. The number of hydrogen-bond donors (Lipinski definition) is 2. The second-order valence-electron chi connectivity index (χ2n) is 6.48. The van der Waals surface area contributed by atoms with Gasteiger partial charge in [0.2, 0.25) is 10.0 Å². The molecule has 0 fully saturated rings. The van der Waals surface area contributed by atoms with Crippen molar-refractivity contribution in [1.29, 1.82) is 0 Å². The maximum atomic E-state index is 12.8. The van der Waals surface area contributed by atoms with Crippen molar-refractivity contribution in [2.75, 3.05) is 0 Å². The Morgan fingerprint density at radius 3 is 2.27 bits per heavy atom. The van der Waals surface area contributed by atoms with Crippen molar-refractivity contribution < 1.29 is 13.2 Å². The summed E-state index contributed by atoms with van der Waals surface area (Å²) in [6.45, 7) is 6.13. The molecule has 0 spiro atoms. The van der Waals surface area contributed by atoms with Gasteiger partial charge in [0.25, 0.3) is 5.91 Å². The van der Waals surface area contributed by atoms with Gasteiger partial charge >= 0.3 is 0 Å². The van der Waals surface area contributed by atoms with Gasteiger partial charge in [-0.1, -0.05) is 45.0 Å². The molecule has 0 heterocycles.